The van der Waals surface area contributed by atoms with E-state index in [0.29, 0.717) is 35.2 Å². The van der Waals surface area contributed by atoms with Gasteiger partial charge in [0, 0.05) is 23.9 Å². The standard InChI is InChI=1S/C16H21N3O3/c1-10-7-16(19-11(2)18-10)17-9-14(20)13-8-12(21-3)5-6-15(13)22-4/h5-8,14,20H,9H2,1-4H3,(H,17,18,19)/t14-/m1/s1. The van der Waals surface area contributed by atoms with Crippen LogP contribution in [0.1, 0.15) is 23.2 Å². The van der Waals surface area contributed by atoms with Gasteiger partial charge in [0.05, 0.1) is 20.3 Å². The molecule has 1 aromatic heterocycles. The van der Waals surface area contributed by atoms with Crippen molar-refractivity contribution in [3.05, 3.63) is 41.3 Å². The van der Waals surface area contributed by atoms with Crippen molar-refractivity contribution in [1.29, 1.82) is 0 Å². The number of hydrogen-bond donors (Lipinski definition) is 2. The molecule has 0 spiro atoms. The zero-order valence-corrected chi connectivity index (χ0v) is 13.3. The topological polar surface area (TPSA) is 76.5 Å². The molecule has 0 bridgehead atoms. The van der Waals surface area contributed by atoms with Crippen LogP contribution in [0.5, 0.6) is 11.5 Å². The van der Waals surface area contributed by atoms with E-state index in [-0.39, 0.29) is 0 Å². The van der Waals surface area contributed by atoms with Crippen molar-refractivity contribution in [2.75, 3.05) is 26.1 Å². The third-order valence-corrected chi connectivity index (χ3v) is 3.24. The van der Waals surface area contributed by atoms with Crippen molar-refractivity contribution < 1.29 is 14.6 Å². The van der Waals surface area contributed by atoms with Gasteiger partial charge in [-0.1, -0.05) is 0 Å². The fourth-order valence-corrected chi connectivity index (χ4v) is 2.22. The van der Waals surface area contributed by atoms with E-state index in [0.717, 1.165) is 5.69 Å². The molecule has 0 aliphatic rings. The normalized spacial score (nSPS) is 11.9. The molecule has 118 valence electrons. The van der Waals surface area contributed by atoms with Crippen LogP contribution in [-0.2, 0) is 0 Å². The van der Waals surface area contributed by atoms with Crippen LogP contribution in [0.25, 0.3) is 0 Å². The van der Waals surface area contributed by atoms with Crippen molar-refractivity contribution in [2.45, 2.75) is 20.0 Å². The number of ether oxygens (including phenoxy) is 2. The molecular formula is C16H21N3O3. The summed E-state index contributed by atoms with van der Waals surface area (Å²) >= 11 is 0. The molecular weight excluding hydrogens is 282 g/mol. The Balaban J connectivity index is 2.13. The number of hydrogen-bond acceptors (Lipinski definition) is 6. The van der Waals surface area contributed by atoms with Gasteiger partial charge in [-0.15, -0.1) is 0 Å². The SMILES string of the molecule is COc1ccc(OC)c([C@H](O)CNc2cc(C)nc(C)n2)c1. The van der Waals surface area contributed by atoms with E-state index in [2.05, 4.69) is 15.3 Å². The highest BCUT2D eigenvalue weighted by atomic mass is 16.5. The van der Waals surface area contributed by atoms with Crippen LogP contribution >= 0.6 is 0 Å². The summed E-state index contributed by atoms with van der Waals surface area (Å²) in [6.07, 6.45) is -0.749. The van der Waals surface area contributed by atoms with Crippen LogP contribution in [0.3, 0.4) is 0 Å². The van der Waals surface area contributed by atoms with Gasteiger partial charge in [-0.3, -0.25) is 0 Å². The number of benzene rings is 1. The Hall–Kier alpha value is -2.34. The molecule has 22 heavy (non-hydrogen) atoms. The number of methoxy groups -OCH3 is 2. The van der Waals surface area contributed by atoms with E-state index < -0.39 is 6.10 Å². The van der Waals surface area contributed by atoms with Gasteiger partial charge in [0.2, 0.25) is 0 Å². The lowest BCUT2D eigenvalue weighted by atomic mass is 10.1. The number of nitrogens with one attached hydrogen (secondary N) is 1. The van der Waals surface area contributed by atoms with Gasteiger partial charge in [-0.05, 0) is 32.0 Å². The molecule has 2 N–H and O–H groups in total. The Kier molecular flexibility index (Phi) is 5.16. The molecule has 1 atom stereocenters. The first-order chi connectivity index (χ1) is 10.5. The lowest BCUT2D eigenvalue weighted by Gasteiger charge is -2.17. The summed E-state index contributed by atoms with van der Waals surface area (Å²) in [5.41, 5.74) is 1.54. The van der Waals surface area contributed by atoms with Gasteiger partial charge in [0.1, 0.15) is 23.1 Å². The average Bonchev–Trinajstić information content (AvgIpc) is 2.51. The van der Waals surface area contributed by atoms with Crippen molar-refractivity contribution >= 4 is 5.82 Å². The molecule has 0 saturated heterocycles. The third kappa shape index (κ3) is 3.85. The Morgan fingerprint density at radius 3 is 2.55 bits per heavy atom. The van der Waals surface area contributed by atoms with Gasteiger partial charge in [-0.25, -0.2) is 9.97 Å². The van der Waals surface area contributed by atoms with E-state index in [1.54, 1.807) is 32.4 Å². The molecule has 0 fully saturated rings. The van der Waals surface area contributed by atoms with Gasteiger partial charge in [0.25, 0.3) is 0 Å². The molecule has 2 rings (SSSR count). The maximum absolute atomic E-state index is 10.4. The first-order valence-corrected chi connectivity index (χ1v) is 6.99. The van der Waals surface area contributed by atoms with Gasteiger partial charge >= 0.3 is 0 Å². The molecule has 0 saturated carbocycles. The number of aryl methyl sites for hydroxylation is 2. The first-order valence-electron chi connectivity index (χ1n) is 6.99. The van der Waals surface area contributed by atoms with E-state index in [1.165, 1.54) is 0 Å². The first kappa shape index (κ1) is 16.0. The Morgan fingerprint density at radius 2 is 1.91 bits per heavy atom. The van der Waals surface area contributed by atoms with Crippen LogP contribution in [0.15, 0.2) is 24.3 Å². The summed E-state index contributed by atoms with van der Waals surface area (Å²) in [6, 6.07) is 7.17. The van der Waals surface area contributed by atoms with E-state index in [4.69, 9.17) is 9.47 Å². The molecule has 6 heteroatoms. The Morgan fingerprint density at radius 1 is 1.14 bits per heavy atom. The molecule has 1 aromatic carbocycles. The molecule has 0 unspecified atom stereocenters. The number of rotatable bonds is 6. The monoisotopic (exact) mass is 303 g/mol. The van der Waals surface area contributed by atoms with E-state index in [9.17, 15) is 5.11 Å². The third-order valence-electron chi connectivity index (χ3n) is 3.24. The number of anilines is 1. The molecule has 0 aliphatic carbocycles. The predicted molar refractivity (Wildman–Crippen MR) is 84.5 cm³/mol. The van der Waals surface area contributed by atoms with Crippen molar-refractivity contribution in [1.82, 2.24) is 9.97 Å². The summed E-state index contributed by atoms with van der Waals surface area (Å²) in [7, 11) is 3.16. The minimum absolute atomic E-state index is 0.305. The predicted octanol–water partition coefficient (Wildman–Crippen LogP) is 2.26. The van der Waals surface area contributed by atoms with Crippen LogP contribution in [-0.4, -0.2) is 35.8 Å². The second-order valence-corrected chi connectivity index (χ2v) is 4.95. The summed E-state index contributed by atoms with van der Waals surface area (Å²) in [5, 5.41) is 13.5. The van der Waals surface area contributed by atoms with Gasteiger partial charge < -0.3 is 19.9 Å². The molecule has 0 aliphatic heterocycles. The fourth-order valence-electron chi connectivity index (χ4n) is 2.22. The molecule has 0 radical (unpaired) electrons. The van der Waals surface area contributed by atoms with Crippen molar-refractivity contribution in [3.63, 3.8) is 0 Å². The molecule has 0 amide bonds. The number of aromatic nitrogens is 2. The highest BCUT2D eigenvalue weighted by Crippen LogP contribution is 2.29. The average molecular weight is 303 g/mol. The van der Waals surface area contributed by atoms with Crippen LogP contribution in [0.4, 0.5) is 5.82 Å². The zero-order chi connectivity index (χ0) is 16.1. The van der Waals surface area contributed by atoms with Gasteiger partial charge in [-0.2, -0.15) is 0 Å². The van der Waals surface area contributed by atoms with Crippen LogP contribution < -0.4 is 14.8 Å². The summed E-state index contributed by atoms with van der Waals surface area (Å²) < 4.78 is 10.5. The number of aliphatic hydroxyl groups excluding tert-OH is 1. The van der Waals surface area contributed by atoms with Crippen LogP contribution in [0.2, 0.25) is 0 Å². The van der Waals surface area contributed by atoms with E-state index in [1.807, 2.05) is 19.9 Å². The van der Waals surface area contributed by atoms with Crippen LogP contribution in [0, 0.1) is 13.8 Å². The van der Waals surface area contributed by atoms with Crippen molar-refractivity contribution in [3.8, 4) is 11.5 Å². The molecule has 1 heterocycles. The largest absolute Gasteiger partial charge is 0.497 e. The second kappa shape index (κ2) is 7.09. The minimum Gasteiger partial charge on any atom is -0.497 e. The lowest BCUT2D eigenvalue weighted by molar-refractivity contribution is 0.186. The second-order valence-electron chi connectivity index (χ2n) is 4.95. The molecule has 6 nitrogen and oxygen atoms in total. The Labute approximate surface area is 130 Å². The highest BCUT2D eigenvalue weighted by Gasteiger charge is 2.15. The summed E-state index contributed by atoms with van der Waals surface area (Å²) in [5.74, 6) is 2.66. The number of aliphatic hydroxyl groups is 1. The fraction of sp³-hybridized carbons (Fsp3) is 0.375. The number of nitrogens with zero attached hydrogens (tertiary/aromatic N) is 2. The molecule has 2 aromatic rings. The summed E-state index contributed by atoms with van der Waals surface area (Å²) in [4.78, 5) is 8.51. The highest BCUT2D eigenvalue weighted by molar-refractivity contribution is 5.43. The smallest absolute Gasteiger partial charge is 0.130 e. The van der Waals surface area contributed by atoms with E-state index >= 15 is 0 Å². The maximum atomic E-state index is 10.4. The zero-order valence-electron chi connectivity index (χ0n) is 13.3. The maximum Gasteiger partial charge on any atom is 0.130 e. The minimum atomic E-state index is -0.749. The van der Waals surface area contributed by atoms with Gasteiger partial charge in [0.15, 0.2) is 0 Å². The lowest BCUT2D eigenvalue weighted by Crippen LogP contribution is -2.14. The Bertz CT molecular complexity index is 626. The summed E-state index contributed by atoms with van der Waals surface area (Å²) in [6.45, 7) is 4.04. The quantitative estimate of drug-likeness (QED) is 0.852. The van der Waals surface area contributed by atoms with Crippen molar-refractivity contribution in [2.24, 2.45) is 0 Å².